The molecule has 4 nitrogen and oxygen atoms in total. The minimum Gasteiger partial charge on any atom is -0.382 e. The third-order valence-electron chi connectivity index (χ3n) is 4.08. The van der Waals surface area contributed by atoms with Crippen molar-refractivity contribution < 1.29 is 18.3 Å². The highest BCUT2D eigenvalue weighted by molar-refractivity contribution is 5.74. The van der Waals surface area contributed by atoms with E-state index in [1.54, 1.807) is 24.3 Å². The lowest BCUT2D eigenvalue weighted by molar-refractivity contribution is 0.145. The van der Waals surface area contributed by atoms with Gasteiger partial charge in [0, 0.05) is 25.8 Å². The van der Waals surface area contributed by atoms with E-state index in [0.717, 1.165) is 17.5 Å². The molecule has 146 valence electrons. The Hall–Kier alpha value is -2.47. The maximum atomic E-state index is 13.1. The summed E-state index contributed by atoms with van der Waals surface area (Å²) >= 11 is 0. The highest BCUT2D eigenvalue weighted by Gasteiger charge is 2.14. The summed E-state index contributed by atoms with van der Waals surface area (Å²) in [4.78, 5) is 12.2. The average Bonchev–Trinajstić information content (AvgIpc) is 2.65. The Balaban J connectivity index is 1.94. The van der Waals surface area contributed by atoms with E-state index < -0.39 is 0 Å². The van der Waals surface area contributed by atoms with Crippen molar-refractivity contribution in [2.24, 2.45) is 0 Å². The Kier molecular flexibility index (Phi) is 8.71. The Morgan fingerprint density at radius 2 is 1.48 bits per heavy atom. The van der Waals surface area contributed by atoms with Crippen molar-refractivity contribution in [1.82, 2.24) is 10.6 Å². The molecule has 0 saturated heterocycles. The Labute approximate surface area is 158 Å². The first-order valence-corrected chi connectivity index (χ1v) is 9.18. The highest BCUT2D eigenvalue weighted by atomic mass is 19.1. The summed E-state index contributed by atoms with van der Waals surface area (Å²) < 4.78 is 31.5. The van der Waals surface area contributed by atoms with Gasteiger partial charge in [0.1, 0.15) is 11.6 Å². The lowest BCUT2D eigenvalue weighted by Gasteiger charge is -2.20. The molecule has 0 aliphatic rings. The van der Waals surface area contributed by atoms with Gasteiger partial charge in [0.25, 0.3) is 0 Å². The van der Waals surface area contributed by atoms with Crippen LogP contribution in [0.5, 0.6) is 0 Å². The van der Waals surface area contributed by atoms with E-state index in [0.29, 0.717) is 32.6 Å². The van der Waals surface area contributed by atoms with Crippen molar-refractivity contribution in [3.8, 4) is 0 Å². The first kappa shape index (κ1) is 20.8. The van der Waals surface area contributed by atoms with Crippen LogP contribution in [-0.4, -0.2) is 31.8 Å². The second-order valence-corrected chi connectivity index (χ2v) is 6.31. The van der Waals surface area contributed by atoms with Crippen LogP contribution in [0.25, 0.3) is 0 Å². The summed E-state index contributed by atoms with van der Waals surface area (Å²) in [5.41, 5.74) is 1.83. The zero-order valence-electron chi connectivity index (χ0n) is 15.5. The van der Waals surface area contributed by atoms with Crippen molar-refractivity contribution in [1.29, 1.82) is 0 Å². The first-order chi connectivity index (χ1) is 13.1. The van der Waals surface area contributed by atoms with Gasteiger partial charge in [0.05, 0.1) is 0 Å². The van der Waals surface area contributed by atoms with Crippen LogP contribution in [0.3, 0.4) is 0 Å². The van der Waals surface area contributed by atoms with Gasteiger partial charge in [-0.05, 0) is 61.6 Å². The maximum Gasteiger partial charge on any atom is 0.315 e. The summed E-state index contributed by atoms with van der Waals surface area (Å²) in [5.74, 6) is -0.595. The van der Waals surface area contributed by atoms with E-state index in [1.165, 1.54) is 24.3 Å². The molecule has 2 aromatic carbocycles. The van der Waals surface area contributed by atoms with Crippen molar-refractivity contribution in [3.63, 3.8) is 0 Å². The monoisotopic (exact) mass is 376 g/mol. The maximum absolute atomic E-state index is 13.1. The zero-order valence-corrected chi connectivity index (χ0v) is 15.5. The lowest BCUT2D eigenvalue weighted by atomic mass is 9.99. The molecule has 0 atom stereocenters. The number of amides is 2. The largest absolute Gasteiger partial charge is 0.382 e. The number of nitrogens with one attached hydrogen (secondary N) is 2. The summed E-state index contributed by atoms with van der Waals surface area (Å²) in [5, 5.41) is 5.77. The molecule has 0 fully saturated rings. The van der Waals surface area contributed by atoms with E-state index in [9.17, 15) is 13.6 Å². The van der Waals surface area contributed by atoms with E-state index in [4.69, 9.17) is 4.74 Å². The topological polar surface area (TPSA) is 50.4 Å². The van der Waals surface area contributed by atoms with Gasteiger partial charge in [-0.2, -0.15) is 0 Å². The molecule has 2 amide bonds. The van der Waals surface area contributed by atoms with Crippen molar-refractivity contribution >= 4 is 6.03 Å². The van der Waals surface area contributed by atoms with Crippen LogP contribution in [-0.2, 0) is 17.6 Å². The van der Waals surface area contributed by atoms with Gasteiger partial charge in [-0.1, -0.05) is 24.3 Å². The zero-order chi connectivity index (χ0) is 19.5. The number of carbonyl (C=O) groups is 1. The fraction of sp³-hybridized carbons (Fsp3) is 0.381. The molecule has 2 rings (SSSR count). The van der Waals surface area contributed by atoms with E-state index >= 15 is 0 Å². The Bertz CT molecular complexity index is 643. The molecular formula is C21H26F2N2O2. The van der Waals surface area contributed by atoms with Crippen LogP contribution in [0.2, 0.25) is 0 Å². The predicted molar refractivity (Wildman–Crippen MR) is 102 cm³/mol. The molecule has 0 aliphatic heterocycles. The number of carbonyl (C=O) groups excluding carboxylic acids is 1. The quantitative estimate of drug-likeness (QED) is 0.619. The molecule has 0 radical (unpaired) electrons. The summed E-state index contributed by atoms with van der Waals surface area (Å²) in [6.07, 6.45) is 1.83. The fourth-order valence-electron chi connectivity index (χ4n) is 2.74. The molecule has 0 aliphatic carbocycles. The average molecular weight is 376 g/mol. The van der Waals surface area contributed by atoms with Gasteiger partial charge in [0.15, 0.2) is 0 Å². The fourth-order valence-corrected chi connectivity index (χ4v) is 2.74. The third-order valence-corrected chi connectivity index (χ3v) is 4.08. The van der Waals surface area contributed by atoms with Crippen LogP contribution < -0.4 is 10.6 Å². The van der Waals surface area contributed by atoms with Crippen LogP contribution in [0, 0.1) is 11.6 Å². The summed E-state index contributed by atoms with van der Waals surface area (Å²) in [7, 11) is 0. The molecule has 0 heterocycles. The predicted octanol–water partition coefficient (Wildman–Crippen LogP) is 3.84. The number of benzene rings is 2. The standard InChI is InChI=1S/C21H26F2N2O2/c1-2-27-13-3-12-24-21(26)25-20(14-16-4-8-18(22)9-5-16)15-17-6-10-19(23)11-7-17/h4-11,20H,2-3,12-15H2,1H3,(H2,24,25,26). The highest BCUT2D eigenvalue weighted by Crippen LogP contribution is 2.11. The lowest BCUT2D eigenvalue weighted by Crippen LogP contribution is -2.44. The molecule has 0 aromatic heterocycles. The normalized spacial score (nSPS) is 10.8. The van der Waals surface area contributed by atoms with Crippen LogP contribution in [0.15, 0.2) is 48.5 Å². The first-order valence-electron chi connectivity index (χ1n) is 9.18. The molecule has 27 heavy (non-hydrogen) atoms. The Morgan fingerprint density at radius 3 is 1.96 bits per heavy atom. The van der Waals surface area contributed by atoms with Gasteiger partial charge >= 0.3 is 6.03 Å². The van der Waals surface area contributed by atoms with E-state index in [1.807, 2.05) is 6.92 Å². The smallest absolute Gasteiger partial charge is 0.315 e. The second-order valence-electron chi connectivity index (χ2n) is 6.31. The van der Waals surface area contributed by atoms with Gasteiger partial charge in [-0.3, -0.25) is 0 Å². The van der Waals surface area contributed by atoms with Crippen molar-refractivity contribution in [2.45, 2.75) is 32.2 Å². The summed E-state index contributed by atoms with van der Waals surface area (Å²) in [6, 6.07) is 12.0. The SMILES string of the molecule is CCOCCCNC(=O)NC(Cc1ccc(F)cc1)Cc1ccc(F)cc1. The molecule has 6 heteroatoms. The summed E-state index contributed by atoms with van der Waals surface area (Å²) in [6.45, 7) is 3.70. The van der Waals surface area contributed by atoms with E-state index in [-0.39, 0.29) is 23.7 Å². The minimum atomic E-state index is -0.297. The van der Waals surface area contributed by atoms with Crippen LogP contribution in [0.4, 0.5) is 13.6 Å². The number of halogens is 2. The van der Waals surface area contributed by atoms with Crippen molar-refractivity contribution in [2.75, 3.05) is 19.8 Å². The number of rotatable bonds is 10. The molecule has 0 unspecified atom stereocenters. The number of hydrogen-bond donors (Lipinski definition) is 2. The Morgan fingerprint density at radius 1 is 0.963 bits per heavy atom. The number of hydrogen-bond acceptors (Lipinski definition) is 2. The van der Waals surface area contributed by atoms with Crippen molar-refractivity contribution in [3.05, 3.63) is 71.3 Å². The third kappa shape index (κ3) is 8.17. The number of ether oxygens (including phenoxy) is 1. The van der Waals surface area contributed by atoms with Gasteiger partial charge in [-0.15, -0.1) is 0 Å². The minimum absolute atomic E-state index is 0.201. The van der Waals surface area contributed by atoms with Crippen LogP contribution >= 0.6 is 0 Å². The second kappa shape index (κ2) is 11.3. The number of urea groups is 1. The van der Waals surface area contributed by atoms with Gasteiger partial charge in [0.2, 0.25) is 0 Å². The molecule has 0 bridgehead atoms. The molecular weight excluding hydrogens is 350 g/mol. The van der Waals surface area contributed by atoms with E-state index in [2.05, 4.69) is 10.6 Å². The molecule has 2 N–H and O–H groups in total. The molecule has 0 saturated carbocycles. The van der Waals surface area contributed by atoms with Crippen LogP contribution in [0.1, 0.15) is 24.5 Å². The van der Waals surface area contributed by atoms with Gasteiger partial charge in [-0.25, -0.2) is 13.6 Å². The van der Waals surface area contributed by atoms with Gasteiger partial charge < -0.3 is 15.4 Å². The molecule has 2 aromatic rings. The molecule has 0 spiro atoms.